The molecule has 15 heteroatoms. The van der Waals surface area contributed by atoms with E-state index in [1.54, 1.807) is 0 Å². The van der Waals surface area contributed by atoms with E-state index < -0.39 is 61.2 Å². The Morgan fingerprint density at radius 3 is 1.03 bits per heavy atom. The van der Waals surface area contributed by atoms with Gasteiger partial charge in [0.15, 0.2) is 5.78 Å². The van der Waals surface area contributed by atoms with E-state index in [-0.39, 0.29) is 26.2 Å². The number of ketones is 1. The van der Waals surface area contributed by atoms with Crippen molar-refractivity contribution in [1.29, 1.82) is 0 Å². The Labute approximate surface area is 185 Å². The number of aliphatic carboxylic acids is 4. The van der Waals surface area contributed by atoms with E-state index in [2.05, 4.69) is 0 Å². The first-order valence-electron chi connectivity index (χ1n) is 6.96. The van der Waals surface area contributed by atoms with Crippen molar-refractivity contribution in [1.82, 2.24) is 0 Å². The Bertz CT molecular complexity index is 390. The standard InChI is InChI=1S/C6H12O6.4C2H4O2.Zr/c7-1-3(9)5(11)6(12)4(10)2-8;4*1-2(3)4;/h3,5-9,11-12H,1-2H2;4*1H3,(H,3,4);/q;;;;;+4/p-4/t3-,5-,6-;;;;;/m1...../s1. The molecule has 14 nitrogen and oxygen atoms in total. The molecule has 0 aliphatic heterocycles. The molecule has 0 aromatic rings. The first-order chi connectivity index (χ1) is 12.5. The van der Waals surface area contributed by atoms with Crippen molar-refractivity contribution in [3.05, 3.63) is 0 Å². The second kappa shape index (κ2) is 28.4. The molecular formula is C14H24O14Zr. The summed E-state index contributed by atoms with van der Waals surface area (Å²) in [5.41, 5.74) is 0. The first kappa shape index (κ1) is 41.6. The molecule has 0 aliphatic rings. The van der Waals surface area contributed by atoms with Gasteiger partial charge < -0.3 is 65.1 Å². The Kier molecular flexibility index (Phi) is 40.8. The van der Waals surface area contributed by atoms with E-state index in [4.69, 9.17) is 65.1 Å². The van der Waals surface area contributed by atoms with Crippen molar-refractivity contribution in [3.8, 4) is 0 Å². The molecule has 0 heterocycles. The van der Waals surface area contributed by atoms with Crippen LogP contribution in [0.15, 0.2) is 0 Å². The van der Waals surface area contributed by atoms with Crippen LogP contribution in [0.1, 0.15) is 27.7 Å². The van der Waals surface area contributed by atoms with E-state index >= 15 is 0 Å². The van der Waals surface area contributed by atoms with Gasteiger partial charge in [-0.3, -0.25) is 4.79 Å². The van der Waals surface area contributed by atoms with Crippen LogP contribution in [0, 0.1) is 0 Å². The van der Waals surface area contributed by atoms with Crippen LogP contribution in [0.2, 0.25) is 0 Å². The minimum absolute atomic E-state index is 0. The van der Waals surface area contributed by atoms with Crippen LogP contribution < -0.4 is 20.4 Å². The maximum atomic E-state index is 10.5. The molecule has 0 unspecified atom stereocenters. The number of carboxylic acids is 4. The molecule has 0 rings (SSSR count). The molecule has 5 N–H and O–H groups in total. The quantitative estimate of drug-likeness (QED) is 0.231. The average Bonchev–Trinajstić information content (AvgIpc) is 2.49. The molecule has 0 aliphatic carbocycles. The number of aliphatic hydroxyl groups excluding tert-OH is 5. The summed E-state index contributed by atoms with van der Waals surface area (Å²) in [4.78, 5) is 46.1. The predicted molar refractivity (Wildman–Crippen MR) is 79.9 cm³/mol. The molecule has 0 aromatic carbocycles. The third-order valence-corrected chi connectivity index (χ3v) is 1.39. The molecule has 0 amide bonds. The number of hydrogen-bond donors (Lipinski definition) is 5. The number of rotatable bonds is 5. The third-order valence-electron chi connectivity index (χ3n) is 1.39. The summed E-state index contributed by atoms with van der Waals surface area (Å²) in [6, 6.07) is 0. The smallest absolute Gasteiger partial charge is 0.550 e. The molecule has 0 fully saturated rings. The van der Waals surface area contributed by atoms with Crippen molar-refractivity contribution in [2.24, 2.45) is 0 Å². The topological polar surface area (TPSA) is 279 Å². The molecule has 0 spiro atoms. The summed E-state index contributed by atoms with van der Waals surface area (Å²) >= 11 is 0. The van der Waals surface area contributed by atoms with Crippen LogP contribution in [0.25, 0.3) is 0 Å². The Morgan fingerprint density at radius 1 is 0.690 bits per heavy atom. The molecule has 0 bridgehead atoms. The van der Waals surface area contributed by atoms with Crippen molar-refractivity contribution in [3.63, 3.8) is 0 Å². The van der Waals surface area contributed by atoms with Gasteiger partial charge in [-0.05, 0) is 27.7 Å². The molecule has 0 saturated carbocycles. The van der Waals surface area contributed by atoms with Gasteiger partial charge in [0, 0.05) is 23.9 Å². The average molecular weight is 508 g/mol. The normalized spacial score (nSPS) is 11.1. The summed E-state index contributed by atoms with van der Waals surface area (Å²) in [5.74, 6) is -5.34. The molecule has 0 saturated heterocycles. The van der Waals surface area contributed by atoms with Crippen LogP contribution in [0.3, 0.4) is 0 Å². The summed E-state index contributed by atoms with van der Waals surface area (Å²) in [7, 11) is 0. The van der Waals surface area contributed by atoms with E-state index in [1.165, 1.54) is 0 Å². The van der Waals surface area contributed by atoms with Crippen molar-refractivity contribution < 1.29 is 96.1 Å². The summed E-state index contributed by atoms with van der Waals surface area (Å²) < 4.78 is 0. The van der Waals surface area contributed by atoms with Crippen LogP contribution in [-0.4, -0.2) is 86.7 Å². The maximum Gasteiger partial charge on any atom is 4.00 e. The second-order valence-electron chi connectivity index (χ2n) is 4.28. The van der Waals surface area contributed by atoms with Gasteiger partial charge in [-0.2, -0.15) is 0 Å². The number of carboxylic acid groups (broad SMARTS) is 4. The molecule has 168 valence electrons. The van der Waals surface area contributed by atoms with Crippen LogP contribution >= 0.6 is 0 Å². The van der Waals surface area contributed by atoms with Gasteiger partial charge in [-0.1, -0.05) is 0 Å². The van der Waals surface area contributed by atoms with E-state index in [9.17, 15) is 4.79 Å². The zero-order chi connectivity index (χ0) is 24.0. The molecule has 29 heavy (non-hydrogen) atoms. The summed E-state index contributed by atoms with van der Waals surface area (Å²) in [6.07, 6.45) is -5.22. The van der Waals surface area contributed by atoms with E-state index in [0.29, 0.717) is 0 Å². The monoisotopic (exact) mass is 506 g/mol. The van der Waals surface area contributed by atoms with Crippen LogP contribution in [-0.2, 0) is 50.2 Å². The Balaban J connectivity index is -0.0000000648. The van der Waals surface area contributed by atoms with Crippen molar-refractivity contribution >= 4 is 29.7 Å². The van der Waals surface area contributed by atoms with Crippen molar-refractivity contribution in [2.45, 2.75) is 46.0 Å². The molecular weight excluding hydrogens is 483 g/mol. The third kappa shape index (κ3) is 76.0. The maximum absolute atomic E-state index is 10.5. The van der Waals surface area contributed by atoms with Gasteiger partial charge >= 0.3 is 26.2 Å². The SMILES string of the molecule is CC(=O)[O-].CC(=O)[O-].CC(=O)[O-].CC(=O)[O-].O=C(CO)[C@@H](O)[C@H](O)[C@H](O)CO.[Zr+4]. The minimum atomic E-state index is -1.86. The number of Topliss-reactive ketones (excluding diaryl/α,β-unsaturated/α-hetero) is 1. The largest absolute Gasteiger partial charge is 4.00 e. The van der Waals surface area contributed by atoms with Gasteiger partial charge in [0.25, 0.3) is 0 Å². The fourth-order valence-electron chi connectivity index (χ4n) is 0.602. The molecule has 0 aromatic heterocycles. The summed E-state index contributed by atoms with van der Waals surface area (Å²) in [6.45, 7) is 2.20. The Morgan fingerprint density at radius 2 is 0.897 bits per heavy atom. The predicted octanol–water partition coefficient (Wildman–Crippen LogP) is -8.35. The van der Waals surface area contributed by atoms with Crippen LogP contribution in [0.4, 0.5) is 0 Å². The second-order valence-corrected chi connectivity index (χ2v) is 4.28. The van der Waals surface area contributed by atoms with E-state index in [0.717, 1.165) is 27.7 Å². The zero-order valence-corrected chi connectivity index (χ0v) is 18.5. The van der Waals surface area contributed by atoms with Gasteiger partial charge in [0.2, 0.25) is 0 Å². The van der Waals surface area contributed by atoms with E-state index in [1.807, 2.05) is 0 Å². The number of carbonyl (C=O) groups excluding carboxylic acids is 5. The Hall–Kier alpha value is -1.77. The zero-order valence-electron chi connectivity index (χ0n) is 16.1. The van der Waals surface area contributed by atoms with Crippen molar-refractivity contribution in [2.75, 3.05) is 13.2 Å². The number of aliphatic hydroxyl groups is 5. The summed E-state index contributed by atoms with van der Waals surface area (Å²) in [5, 5.41) is 78.6. The van der Waals surface area contributed by atoms with Crippen LogP contribution in [0.5, 0.6) is 0 Å². The molecule has 0 radical (unpaired) electrons. The fraction of sp³-hybridized carbons (Fsp3) is 0.643. The number of carbonyl (C=O) groups is 5. The number of hydrogen-bond acceptors (Lipinski definition) is 14. The molecule has 3 atom stereocenters. The fourth-order valence-corrected chi connectivity index (χ4v) is 0.602. The van der Waals surface area contributed by atoms with Gasteiger partial charge in [0.05, 0.1) is 6.61 Å². The van der Waals surface area contributed by atoms with Gasteiger partial charge in [-0.25, -0.2) is 0 Å². The minimum Gasteiger partial charge on any atom is -0.550 e. The van der Waals surface area contributed by atoms with Gasteiger partial charge in [-0.15, -0.1) is 0 Å². The van der Waals surface area contributed by atoms with Gasteiger partial charge in [0.1, 0.15) is 24.9 Å². The first-order valence-corrected chi connectivity index (χ1v) is 6.96.